The third-order valence-electron chi connectivity index (χ3n) is 4.32. The Balaban J connectivity index is 1.75. The molecule has 0 atom stereocenters. The van der Waals surface area contributed by atoms with Gasteiger partial charge in [0.05, 0.1) is 22.8 Å². The van der Waals surface area contributed by atoms with Crippen LogP contribution < -0.4 is 9.21 Å². The molecule has 0 unspecified atom stereocenters. The normalized spacial score (nSPS) is 13.6. The van der Waals surface area contributed by atoms with Crippen molar-refractivity contribution < 1.29 is 9.18 Å². The van der Waals surface area contributed by atoms with Gasteiger partial charge in [-0.3, -0.25) is 4.90 Å². The number of benzene rings is 3. The molecule has 0 saturated carbocycles. The lowest BCUT2D eigenvalue weighted by molar-refractivity contribution is 0.254. The molecule has 1 aliphatic heterocycles. The largest absolute Gasteiger partial charge is 0.339 e. The van der Waals surface area contributed by atoms with Crippen molar-refractivity contribution in [2.75, 3.05) is 15.5 Å². The van der Waals surface area contributed by atoms with Gasteiger partial charge >= 0.3 is 6.03 Å². The minimum Gasteiger partial charge on any atom is -0.288 e. The van der Waals surface area contributed by atoms with Crippen LogP contribution in [0.4, 0.5) is 20.6 Å². The molecular weight excluding hydrogens is 379 g/mol. The van der Waals surface area contributed by atoms with Crippen LogP contribution in [-0.2, 0) is 6.54 Å². The maximum Gasteiger partial charge on any atom is 0.339 e. The van der Waals surface area contributed by atoms with E-state index >= 15 is 0 Å². The van der Waals surface area contributed by atoms with E-state index in [1.807, 2.05) is 54.8 Å². The van der Waals surface area contributed by atoms with Crippen LogP contribution in [0.25, 0.3) is 0 Å². The molecule has 3 aromatic carbocycles. The van der Waals surface area contributed by atoms with Gasteiger partial charge in [-0.05, 0) is 54.6 Å². The summed E-state index contributed by atoms with van der Waals surface area (Å²) in [5.74, 6) is -0.308. The molecule has 27 heavy (non-hydrogen) atoms. The van der Waals surface area contributed by atoms with Gasteiger partial charge in [-0.25, -0.2) is 13.5 Å². The molecule has 0 spiro atoms. The predicted molar refractivity (Wildman–Crippen MR) is 111 cm³/mol. The Morgan fingerprint density at radius 3 is 2.59 bits per heavy atom. The van der Waals surface area contributed by atoms with Crippen molar-refractivity contribution in [3.05, 3.63) is 84.2 Å². The van der Waals surface area contributed by atoms with Crippen LogP contribution in [-0.4, -0.2) is 12.3 Å². The minimum atomic E-state index is -0.308. The standard InChI is InChI=1S/C21H17FN2OS2/c1-26-17-9-6-8-16(13-17)24-21(25)23(14-15-7-2-3-10-18(15)22)19-11-4-5-12-20(19)27-24/h2-13H,14H2,1H3. The van der Waals surface area contributed by atoms with Crippen LogP contribution in [0.5, 0.6) is 0 Å². The molecule has 0 bridgehead atoms. The maximum absolute atomic E-state index is 14.2. The SMILES string of the molecule is CSc1cccc(N2Sc3ccccc3N(Cc3ccccc3F)C2=O)c1. The Hall–Kier alpha value is -2.44. The summed E-state index contributed by atoms with van der Waals surface area (Å²) in [6.45, 7) is 0.182. The predicted octanol–water partition coefficient (Wildman–Crippen LogP) is 6.20. The molecule has 3 aromatic rings. The van der Waals surface area contributed by atoms with Gasteiger partial charge < -0.3 is 0 Å². The smallest absolute Gasteiger partial charge is 0.288 e. The van der Waals surface area contributed by atoms with Crippen LogP contribution in [0.15, 0.2) is 82.6 Å². The Labute approximate surface area is 166 Å². The van der Waals surface area contributed by atoms with E-state index in [9.17, 15) is 9.18 Å². The van der Waals surface area contributed by atoms with Crippen molar-refractivity contribution in [1.82, 2.24) is 0 Å². The number of nitrogens with zero attached hydrogens (tertiary/aromatic N) is 2. The number of hydrogen-bond acceptors (Lipinski definition) is 3. The van der Waals surface area contributed by atoms with E-state index in [1.54, 1.807) is 39.2 Å². The van der Waals surface area contributed by atoms with Gasteiger partial charge in [-0.15, -0.1) is 11.8 Å². The molecule has 0 saturated heterocycles. The zero-order valence-corrected chi connectivity index (χ0v) is 16.3. The Bertz CT molecular complexity index is 995. The van der Waals surface area contributed by atoms with Crippen LogP contribution in [0.3, 0.4) is 0 Å². The van der Waals surface area contributed by atoms with Gasteiger partial charge in [-0.2, -0.15) is 0 Å². The first-order chi connectivity index (χ1) is 13.2. The summed E-state index contributed by atoms with van der Waals surface area (Å²) in [7, 11) is 0. The van der Waals surface area contributed by atoms with E-state index in [4.69, 9.17) is 0 Å². The first-order valence-corrected chi connectivity index (χ1v) is 10.4. The van der Waals surface area contributed by atoms with E-state index in [0.717, 1.165) is 21.2 Å². The summed E-state index contributed by atoms with van der Waals surface area (Å²) in [6, 6.07) is 22.0. The highest BCUT2D eigenvalue weighted by atomic mass is 32.2. The fourth-order valence-corrected chi connectivity index (χ4v) is 4.41. The number of halogens is 1. The van der Waals surface area contributed by atoms with Gasteiger partial charge in [0.2, 0.25) is 0 Å². The molecule has 0 fully saturated rings. The number of carbonyl (C=O) groups excluding carboxylic acids is 1. The number of carbonyl (C=O) groups is 1. The Kier molecular flexibility index (Phi) is 5.09. The number of rotatable bonds is 4. The zero-order valence-electron chi connectivity index (χ0n) is 14.6. The first kappa shape index (κ1) is 17.9. The van der Waals surface area contributed by atoms with Gasteiger partial charge in [0.15, 0.2) is 0 Å². The third kappa shape index (κ3) is 3.55. The van der Waals surface area contributed by atoms with Crippen molar-refractivity contribution in [3.63, 3.8) is 0 Å². The summed E-state index contributed by atoms with van der Waals surface area (Å²) < 4.78 is 15.9. The van der Waals surface area contributed by atoms with Gasteiger partial charge in [0.25, 0.3) is 0 Å². The molecule has 0 N–H and O–H groups in total. The summed E-state index contributed by atoms with van der Waals surface area (Å²) in [6.07, 6.45) is 2.00. The van der Waals surface area contributed by atoms with Gasteiger partial charge in [0, 0.05) is 10.5 Å². The van der Waals surface area contributed by atoms with Gasteiger partial charge in [-0.1, -0.05) is 36.4 Å². The molecule has 1 aliphatic rings. The number of hydrogen-bond donors (Lipinski definition) is 0. The van der Waals surface area contributed by atoms with Crippen molar-refractivity contribution in [1.29, 1.82) is 0 Å². The van der Waals surface area contributed by atoms with Crippen molar-refractivity contribution in [2.45, 2.75) is 16.3 Å². The molecule has 1 heterocycles. The molecule has 4 rings (SSSR count). The fraction of sp³-hybridized carbons (Fsp3) is 0.0952. The van der Waals surface area contributed by atoms with E-state index in [2.05, 4.69) is 0 Å². The lowest BCUT2D eigenvalue weighted by Crippen LogP contribution is -2.43. The minimum absolute atomic E-state index is 0.180. The van der Waals surface area contributed by atoms with Crippen molar-refractivity contribution in [2.24, 2.45) is 0 Å². The number of thioether (sulfide) groups is 1. The number of urea groups is 1. The number of fused-ring (bicyclic) bond motifs is 1. The maximum atomic E-state index is 14.2. The van der Waals surface area contributed by atoms with E-state index in [-0.39, 0.29) is 18.4 Å². The first-order valence-electron chi connectivity index (χ1n) is 8.43. The topological polar surface area (TPSA) is 23.6 Å². The summed E-state index contributed by atoms with van der Waals surface area (Å²) in [5, 5.41) is 0. The molecule has 6 heteroatoms. The summed E-state index contributed by atoms with van der Waals surface area (Å²) >= 11 is 3.02. The second-order valence-corrected chi connectivity index (χ2v) is 7.88. The second kappa shape index (κ2) is 7.66. The number of amides is 2. The summed E-state index contributed by atoms with van der Waals surface area (Å²) in [5.41, 5.74) is 2.10. The molecule has 3 nitrogen and oxygen atoms in total. The highest BCUT2D eigenvalue weighted by Gasteiger charge is 2.32. The third-order valence-corrected chi connectivity index (χ3v) is 6.14. The number of para-hydroxylation sites is 1. The average Bonchev–Trinajstić information content (AvgIpc) is 2.71. The monoisotopic (exact) mass is 396 g/mol. The molecule has 2 amide bonds. The Morgan fingerprint density at radius 2 is 1.78 bits per heavy atom. The van der Waals surface area contributed by atoms with Crippen LogP contribution in [0.2, 0.25) is 0 Å². The van der Waals surface area contributed by atoms with Crippen molar-refractivity contribution in [3.8, 4) is 0 Å². The quantitative estimate of drug-likeness (QED) is 0.387. The Morgan fingerprint density at radius 1 is 1.00 bits per heavy atom. The van der Waals surface area contributed by atoms with E-state index < -0.39 is 0 Å². The molecule has 0 aromatic heterocycles. The molecular formula is C21H17FN2OS2. The average molecular weight is 397 g/mol. The molecule has 136 valence electrons. The highest BCUT2D eigenvalue weighted by Crippen LogP contribution is 2.42. The van der Waals surface area contributed by atoms with E-state index in [1.165, 1.54) is 18.0 Å². The fourth-order valence-electron chi connectivity index (χ4n) is 2.96. The van der Waals surface area contributed by atoms with Gasteiger partial charge in [0.1, 0.15) is 5.82 Å². The lowest BCUT2D eigenvalue weighted by Gasteiger charge is -2.36. The molecule has 0 radical (unpaired) electrons. The van der Waals surface area contributed by atoms with E-state index in [0.29, 0.717) is 5.56 Å². The van der Waals surface area contributed by atoms with Crippen molar-refractivity contribution >= 4 is 41.1 Å². The lowest BCUT2D eigenvalue weighted by atomic mass is 10.2. The van der Waals surface area contributed by atoms with Crippen LogP contribution >= 0.6 is 23.7 Å². The van der Waals surface area contributed by atoms with Crippen LogP contribution in [0, 0.1) is 5.82 Å². The second-order valence-electron chi connectivity index (χ2n) is 6.01. The molecule has 0 aliphatic carbocycles. The highest BCUT2D eigenvalue weighted by molar-refractivity contribution is 8.01. The number of anilines is 2. The zero-order chi connectivity index (χ0) is 18.8. The van der Waals surface area contributed by atoms with Crippen LogP contribution in [0.1, 0.15) is 5.56 Å². The summed E-state index contributed by atoms with van der Waals surface area (Å²) in [4.78, 5) is 17.0.